The van der Waals surface area contributed by atoms with Gasteiger partial charge in [0.15, 0.2) is 6.61 Å². The number of amides is 1. The Bertz CT molecular complexity index is 858. The number of anilines is 1. The lowest BCUT2D eigenvalue weighted by Crippen LogP contribution is -2.21. The third-order valence-corrected chi connectivity index (χ3v) is 3.36. The van der Waals surface area contributed by atoms with Gasteiger partial charge in [0.2, 0.25) is 0 Å². The number of esters is 1. The van der Waals surface area contributed by atoms with E-state index in [1.165, 1.54) is 6.20 Å². The van der Waals surface area contributed by atoms with Crippen molar-refractivity contribution in [2.75, 3.05) is 11.9 Å². The number of H-pyrrole nitrogens is 1. The fourth-order valence-corrected chi connectivity index (χ4v) is 2.19. The number of benzene rings is 1. The van der Waals surface area contributed by atoms with Crippen LogP contribution < -0.4 is 5.32 Å². The molecule has 3 aromatic rings. The van der Waals surface area contributed by atoms with Crippen LogP contribution in [-0.2, 0) is 9.53 Å². The van der Waals surface area contributed by atoms with Crippen molar-refractivity contribution in [1.29, 1.82) is 0 Å². The summed E-state index contributed by atoms with van der Waals surface area (Å²) in [5, 5.41) is 3.73. The van der Waals surface area contributed by atoms with Crippen molar-refractivity contribution < 1.29 is 14.3 Å². The molecule has 1 aromatic carbocycles. The van der Waals surface area contributed by atoms with Crippen molar-refractivity contribution >= 4 is 40.2 Å². The lowest BCUT2D eigenvalue weighted by atomic mass is 10.2. The van der Waals surface area contributed by atoms with Gasteiger partial charge in [-0.2, -0.15) is 0 Å². The Morgan fingerprint density at radius 3 is 2.83 bits per heavy atom. The van der Waals surface area contributed by atoms with Crippen LogP contribution in [-0.4, -0.2) is 28.5 Å². The van der Waals surface area contributed by atoms with Crippen molar-refractivity contribution in [3.05, 3.63) is 59.4 Å². The fourth-order valence-electron chi connectivity index (χ4n) is 2.08. The molecule has 3 rings (SSSR count). The molecular weight excluding hydrogens is 318 g/mol. The van der Waals surface area contributed by atoms with Crippen LogP contribution in [0.1, 0.15) is 10.4 Å². The van der Waals surface area contributed by atoms with Gasteiger partial charge in [0.1, 0.15) is 5.82 Å². The number of halogens is 1. The number of rotatable bonds is 4. The average Bonchev–Trinajstić information content (AvgIpc) is 2.99. The fraction of sp³-hybridized carbons (Fsp3) is 0.0625. The summed E-state index contributed by atoms with van der Waals surface area (Å²) in [5.74, 6) is -0.711. The minimum atomic E-state index is -0.568. The number of carbonyl (C=O) groups excluding carboxylic acids is 2. The molecule has 23 heavy (non-hydrogen) atoms. The van der Waals surface area contributed by atoms with Gasteiger partial charge >= 0.3 is 5.97 Å². The molecular formula is C16H12ClN3O3. The zero-order chi connectivity index (χ0) is 16.2. The van der Waals surface area contributed by atoms with Crippen LogP contribution in [0, 0.1) is 0 Å². The molecule has 0 atom stereocenters. The van der Waals surface area contributed by atoms with E-state index in [0.717, 1.165) is 10.9 Å². The number of aromatic amines is 1. The maximum absolute atomic E-state index is 12.1. The molecule has 0 radical (unpaired) electrons. The van der Waals surface area contributed by atoms with Crippen LogP contribution in [0.25, 0.3) is 10.9 Å². The van der Waals surface area contributed by atoms with Gasteiger partial charge in [0.25, 0.3) is 5.91 Å². The number of carbonyl (C=O) groups is 2. The van der Waals surface area contributed by atoms with Gasteiger partial charge in [-0.1, -0.05) is 29.8 Å². The smallest absolute Gasteiger partial charge is 0.340 e. The van der Waals surface area contributed by atoms with Crippen LogP contribution in [0.5, 0.6) is 0 Å². The summed E-state index contributed by atoms with van der Waals surface area (Å²) < 4.78 is 5.03. The normalized spacial score (nSPS) is 10.5. The number of nitrogens with one attached hydrogen (secondary N) is 2. The van der Waals surface area contributed by atoms with E-state index in [4.69, 9.17) is 16.3 Å². The van der Waals surface area contributed by atoms with E-state index in [1.807, 2.05) is 18.2 Å². The van der Waals surface area contributed by atoms with E-state index in [2.05, 4.69) is 15.3 Å². The van der Waals surface area contributed by atoms with Gasteiger partial charge in [-0.25, -0.2) is 9.78 Å². The van der Waals surface area contributed by atoms with E-state index >= 15 is 0 Å². The lowest BCUT2D eigenvalue weighted by Gasteiger charge is -2.05. The molecule has 0 aliphatic carbocycles. The summed E-state index contributed by atoms with van der Waals surface area (Å²) >= 11 is 5.71. The minimum Gasteiger partial charge on any atom is -0.452 e. The average molecular weight is 330 g/mol. The van der Waals surface area contributed by atoms with Crippen molar-refractivity contribution in [2.24, 2.45) is 0 Å². The highest BCUT2D eigenvalue weighted by Gasteiger charge is 2.14. The van der Waals surface area contributed by atoms with Crippen molar-refractivity contribution in [3.63, 3.8) is 0 Å². The van der Waals surface area contributed by atoms with Gasteiger partial charge in [0.05, 0.1) is 10.6 Å². The first-order valence-electron chi connectivity index (χ1n) is 6.78. The number of aromatic nitrogens is 2. The lowest BCUT2D eigenvalue weighted by molar-refractivity contribution is -0.119. The summed E-state index contributed by atoms with van der Waals surface area (Å²) in [6.07, 6.45) is 2.97. The quantitative estimate of drug-likeness (QED) is 0.721. The highest BCUT2D eigenvalue weighted by molar-refractivity contribution is 6.30. The Morgan fingerprint density at radius 2 is 2.04 bits per heavy atom. The summed E-state index contributed by atoms with van der Waals surface area (Å²) in [7, 11) is 0. The molecule has 2 N–H and O–H groups in total. The molecule has 0 saturated carbocycles. The molecule has 0 unspecified atom stereocenters. The van der Waals surface area contributed by atoms with Crippen LogP contribution in [0.3, 0.4) is 0 Å². The molecule has 116 valence electrons. The monoisotopic (exact) mass is 329 g/mol. The van der Waals surface area contributed by atoms with Crippen LogP contribution in [0.2, 0.25) is 5.02 Å². The van der Waals surface area contributed by atoms with Crippen molar-refractivity contribution in [3.8, 4) is 0 Å². The van der Waals surface area contributed by atoms with E-state index in [-0.39, 0.29) is 0 Å². The van der Waals surface area contributed by atoms with Gasteiger partial charge in [0, 0.05) is 23.3 Å². The highest BCUT2D eigenvalue weighted by Crippen LogP contribution is 2.18. The van der Waals surface area contributed by atoms with Gasteiger partial charge in [-0.3, -0.25) is 4.79 Å². The molecule has 0 aliphatic rings. The first-order chi connectivity index (χ1) is 11.1. The Morgan fingerprint density at radius 1 is 1.22 bits per heavy atom. The van der Waals surface area contributed by atoms with Crippen LogP contribution in [0.15, 0.2) is 48.8 Å². The number of fused-ring (bicyclic) bond motifs is 1. The van der Waals surface area contributed by atoms with E-state index in [0.29, 0.717) is 16.4 Å². The second-order valence-electron chi connectivity index (χ2n) is 4.73. The summed E-state index contributed by atoms with van der Waals surface area (Å²) in [4.78, 5) is 30.7. The maximum atomic E-state index is 12.1. The molecule has 0 saturated heterocycles. The topological polar surface area (TPSA) is 84.1 Å². The van der Waals surface area contributed by atoms with E-state index in [9.17, 15) is 9.59 Å². The van der Waals surface area contributed by atoms with Crippen LogP contribution in [0.4, 0.5) is 5.82 Å². The SMILES string of the molecule is O=C(COC(=O)c1c[nH]c2ccccc12)Nc1ccc(Cl)cn1. The molecule has 0 spiro atoms. The standard InChI is InChI=1S/C16H12ClN3O3/c17-10-5-6-14(19-7-10)20-15(21)9-23-16(22)12-8-18-13-4-2-1-3-11(12)13/h1-8,18H,9H2,(H,19,20,21). The second-order valence-corrected chi connectivity index (χ2v) is 5.17. The maximum Gasteiger partial charge on any atom is 0.340 e. The van der Waals surface area contributed by atoms with Gasteiger partial charge in [-0.05, 0) is 18.2 Å². The third kappa shape index (κ3) is 3.49. The molecule has 1 amide bonds. The van der Waals surface area contributed by atoms with Crippen LogP contribution >= 0.6 is 11.6 Å². The Labute approximate surface area is 136 Å². The van der Waals surface area contributed by atoms with Gasteiger partial charge in [-0.15, -0.1) is 0 Å². The largest absolute Gasteiger partial charge is 0.452 e. The first-order valence-corrected chi connectivity index (χ1v) is 7.16. The summed E-state index contributed by atoms with van der Waals surface area (Å²) in [6, 6.07) is 10.5. The Kier molecular flexibility index (Phi) is 4.25. The molecule has 0 aliphatic heterocycles. The first kappa shape index (κ1) is 15.1. The number of ether oxygens (including phenoxy) is 1. The number of pyridine rings is 1. The Hall–Kier alpha value is -2.86. The predicted octanol–water partition coefficient (Wildman–Crippen LogP) is 3.01. The molecule has 7 heteroatoms. The van der Waals surface area contributed by atoms with Crippen molar-refractivity contribution in [1.82, 2.24) is 9.97 Å². The zero-order valence-electron chi connectivity index (χ0n) is 11.9. The molecule has 6 nitrogen and oxygen atoms in total. The van der Waals surface area contributed by atoms with E-state index < -0.39 is 18.5 Å². The number of para-hydroxylation sites is 1. The number of hydrogen-bond acceptors (Lipinski definition) is 4. The number of hydrogen-bond donors (Lipinski definition) is 2. The summed E-state index contributed by atoms with van der Waals surface area (Å²) in [5.41, 5.74) is 1.22. The summed E-state index contributed by atoms with van der Waals surface area (Å²) in [6.45, 7) is -0.400. The van der Waals surface area contributed by atoms with E-state index in [1.54, 1.807) is 24.4 Å². The molecule has 0 fully saturated rings. The minimum absolute atomic E-state index is 0.336. The van der Waals surface area contributed by atoms with Crippen molar-refractivity contribution in [2.45, 2.75) is 0 Å². The second kappa shape index (κ2) is 6.50. The zero-order valence-corrected chi connectivity index (χ0v) is 12.6. The molecule has 2 heterocycles. The molecule has 2 aromatic heterocycles. The molecule has 0 bridgehead atoms. The highest BCUT2D eigenvalue weighted by atomic mass is 35.5. The third-order valence-electron chi connectivity index (χ3n) is 3.14. The predicted molar refractivity (Wildman–Crippen MR) is 86.5 cm³/mol. The van der Waals surface area contributed by atoms with Gasteiger partial charge < -0.3 is 15.0 Å². The number of nitrogens with zero attached hydrogens (tertiary/aromatic N) is 1. The Balaban J connectivity index is 1.60.